The van der Waals surface area contributed by atoms with Crippen molar-refractivity contribution in [2.75, 3.05) is 33.4 Å². The van der Waals surface area contributed by atoms with Gasteiger partial charge in [0.2, 0.25) is 5.91 Å². The molecule has 1 saturated heterocycles. The van der Waals surface area contributed by atoms with E-state index >= 15 is 0 Å². The zero-order valence-electron chi connectivity index (χ0n) is 16.4. The van der Waals surface area contributed by atoms with E-state index in [2.05, 4.69) is 15.6 Å². The second-order valence-electron chi connectivity index (χ2n) is 7.06. The molecule has 0 saturated carbocycles. The van der Waals surface area contributed by atoms with Crippen molar-refractivity contribution in [3.8, 4) is 11.3 Å². The minimum Gasteiger partial charge on any atom is -0.441 e. The fraction of sp³-hybridized carbons (Fsp3) is 0.500. The predicted molar refractivity (Wildman–Crippen MR) is 119 cm³/mol. The van der Waals surface area contributed by atoms with Crippen molar-refractivity contribution >= 4 is 42.3 Å². The Morgan fingerprint density at radius 1 is 1.31 bits per heavy atom. The number of methoxy groups -OCH3 is 1. The van der Waals surface area contributed by atoms with E-state index in [0.717, 1.165) is 31.5 Å². The first-order valence-corrected chi connectivity index (χ1v) is 9.66. The molecule has 1 aliphatic rings. The lowest BCUT2D eigenvalue weighted by Gasteiger charge is -2.37. The maximum Gasteiger partial charge on any atom is 0.220 e. The molecule has 2 N–H and O–H groups in total. The molecule has 2 heterocycles. The minimum absolute atomic E-state index is 0. The van der Waals surface area contributed by atoms with Gasteiger partial charge in [0.05, 0.1) is 17.8 Å². The van der Waals surface area contributed by atoms with E-state index < -0.39 is 0 Å². The van der Waals surface area contributed by atoms with E-state index in [0.29, 0.717) is 42.7 Å². The van der Waals surface area contributed by atoms with Gasteiger partial charge in [-0.15, -0.1) is 24.8 Å². The van der Waals surface area contributed by atoms with Crippen LogP contribution in [0.25, 0.3) is 11.3 Å². The summed E-state index contributed by atoms with van der Waals surface area (Å²) in [5, 5.41) is 7.03. The lowest BCUT2D eigenvalue weighted by Crippen LogP contribution is -2.47. The second-order valence-corrected chi connectivity index (χ2v) is 7.47. The molecule has 29 heavy (non-hydrogen) atoms. The lowest BCUT2D eigenvalue weighted by molar-refractivity contribution is -0.122. The first-order valence-electron chi connectivity index (χ1n) is 9.28. The average Bonchev–Trinajstić information content (AvgIpc) is 3.15. The second kappa shape index (κ2) is 12.4. The molecule has 0 bridgehead atoms. The Bertz CT molecular complexity index is 759. The van der Waals surface area contributed by atoms with Crippen LogP contribution in [0.2, 0.25) is 5.02 Å². The summed E-state index contributed by atoms with van der Waals surface area (Å²) in [6.07, 6.45) is 4.44. The number of oxazole rings is 1. The molecule has 0 unspecified atom stereocenters. The summed E-state index contributed by atoms with van der Waals surface area (Å²) in [5.41, 5.74) is 0.824. The molecule has 2 aromatic rings. The number of aryl methyl sites for hydroxylation is 1. The summed E-state index contributed by atoms with van der Waals surface area (Å²) in [4.78, 5) is 16.5. The first kappa shape index (κ1) is 25.7. The van der Waals surface area contributed by atoms with Crippen LogP contribution in [0.3, 0.4) is 0 Å². The number of piperidine rings is 1. The molecule has 162 valence electrons. The van der Waals surface area contributed by atoms with E-state index in [1.54, 1.807) is 13.3 Å². The average molecular weight is 465 g/mol. The highest BCUT2D eigenvalue weighted by Crippen LogP contribution is 2.29. The molecule has 6 nitrogen and oxygen atoms in total. The van der Waals surface area contributed by atoms with E-state index in [9.17, 15) is 4.79 Å². The molecule has 9 heteroatoms. The number of rotatable bonds is 8. The third-order valence-corrected chi connectivity index (χ3v) is 5.36. The van der Waals surface area contributed by atoms with Gasteiger partial charge in [-0.2, -0.15) is 0 Å². The van der Waals surface area contributed by atoms with Crippen molar-refractivity contribution in [1.82, 2.24) is 15.6 Å². The van der Waals surface area contributed by atoms with Gasteiger partial charge in [-0.1, -0.05) is 23.7 Å². The SMILES string of the molecule is COCC1(CNC(=O)CCc2ncc(-c3ccccc3Cl)o2)CCNCC1.Cl.Cl. The van der Waals surface area contributed by atoms with Gasteiger partial charge >= 0.3 is 0 Å². The molecule has 1 amide bonds. The Morgan fingerprint density at radius 3 is 2.72 bits per heavy atom. The maximum atomic E-state index is 12.3. The quantitative estimate of drug-likeness (QED) is 0.619. The highest BCUT2D eigenvalue weighted by Gasteiger charge is 2.32. The number of ether oxygens (including phenoxy) is 1. The first-order chi connectivity index (χ1) is 13.1. The number of hydrogen-bond donors (Lipinski definition) is 2. The summed E-state index contributed by atoms with van der Waals surface area (Å²) in [5.74, 6) is 1.15. The van der Waals surface area contributed by atoms with Crippen molar-refractivity contribution in [3.05, 3.63) is 41.4 Å². The molecule has 0 radical (unpaired) electrons. The predicted octanol–water partition coefficient (Wildman–Crippen LogP) is 3.90. The number of aromatic nitrogens is 1. The van der Waals surface area contributed by atoms with Crippen LogP contribution in [0.15, 0.2) is 34.9 Å². The van der Waals surface area contributed by atoms with Gasteiger partial charge < -0.3 is 19.8 Å². The van der Waals surface area contributed by atoms with Crippen LogP contribution in [-0.2, 0) is 16.0 Å². The monoisotopic (exact) mass is 463 g/mol. The number of halogens is 3. The van der Waals surface area contributed by atoms with Gasteiger partial charge in [-0.3, -0.25) is 4.79 Å². The number of carbonyl (C=O) groups excluding carboxylic acids is 1. The van der Waals surface area contributed by atoms with Gasteiger partial charge in [0.15, 0.2) is 11.7 Å². The molecule has 0 atom stereocenters. The summed E-state index contributed by atoms with van der Waals surface area (Å²) in [6, 6.07) is 7.45. The van der Waals surface area contributed by atoms with E-state index in [1.165, 1.54) is 0 Å². The Morgan fingerprint density at radius 2 is 2.03 bits per heavy atom. The molecule has 3 rings (SSSR count). The van der Waals surface area contributed by atoms with Crippen molar-refractivity contribution < 1.29 is 13.9 Å². The Balaban J connectivity index is 0.00000210. The molecule has 1 aromatic heterocycles. The third kappa shape index (κ3) is 7.15. The molecule has 0 aliphatic carbocycles. The van der Waals surface area contributed by atoms with Gasteiger partial charge in [0.25, 0.3) is 0 Å². The molecular formula is C20H28Cl3N3O3. The Kier molecular flexibility index (Phi) is 11.0. The standard InChI is InChI=1S/C20H26ClN3O3.2ClH/c1-26-14-20(8-10-22-11-9-20)13-24-18(25)6-7-19-23-12-17(27-19)15-4-2-3-5-16(15)21;;/h2-5,12,22H,6-11,13-14H2,1H3,(H,24,25);2*1H. The number of hydrogen-bond acceptors (Lipinski definition) is 5. The summed E-state index contributed by atoms with van der Waals surface area (Å²) >= 11 is 6.18. The molecule has 1 fully saturated rings. The summed E-state index contributed by atoms with van der Waals surface area (Å²) in [7, 11) is 1.71. The highest BCUT2D eigenvalue weighted by atomic mass is 35.5. The number of benzene rings is 1. The Labute approximate surface area is 188 Å². The van der Waals surface area contributed by atoms with Crippen molar-refractivity contribution in [2.45, 2.75) is 25.7 Å². The minimum atomic E-state index is 0. The number of nitrogens with zero attached hydrogens (tertiary/aromatic N) is 1. The van der Waals surface area contributed by atoms with Crippen molar-refractivity contribution in [3.63, 3.8) is 0 Å². The topological polar surface area (TPSA) is 76.4 Å². The van der Waals surface area contributed by atoms with Crippen molar-refractivity contribution in [1.29, 1.82) is 0 Å². The number of amides is 1. The molecular weight excluding hydrogens is 437 g/mol. The van der Waals surface area contributed by atoms with Crippen LogP contribution in [0.5, 0.6) is 0 Å². The lowest BCUT2D eigenvalue weighted by atomic mass is 9.79. The van der Waals surface area contributed by atoms with E-state index in [4.69, 9.17) is 20.8 Å². The van der Waals surface area contributed by atoms with Crippen LogP contribution >= 0.6 is 36.4 Å². The highest BCUT2D eigenvalue weighted by molar-refractivity contribution is 6.33. The van der Waals surface area contributed by atoms with Crippen molar-refractivity contribution in [2.24, 2.45) is 5.41 Å². The van der Waals surface area contributed by atoms with Gasteiger partial charge in [-0.05, 0) is 38.1 Å². The molecule has 1 aromatic carbocycles. The smallest absolute Gasteiger partial charge is 0.220 e. The fourth-order valence-electron chi connectivity index (χ4n) is 3.44. The third-order valence-electron chi connectivity index (χ3n) is 5.03. The Hall–Kier alpha value is -1.31. The number of carbonyl (C=O) groups is 1. The number of nitrogens with one attached hydrogen (secondary N) is 2. The zero-order chi connectivity index (χ0) is 19.1. The fourth-order valence-corrected chi connectivity index (χ4v) is 3.67. The van der Waals surface area contributed by atoms with Crippen LogP contribution in [0.4, 0.5) is 0 Å². The zero-order valence-corrected chi connectivity index (χ0v) is 18.8. The van der Waals surface area contributed by atoms with Crippen LogP contribution in [0, 0.1) is 5.41 Å². The van der Waals surface area contributed by atoms with Crippen LogP contribution < -0.4 is 10.6 Å². The largest absolute Gasteiger partial charge is 0.441 e. The van der Waals surface area contributed by atoms with Gasteiger partial charge in [0, 0.05) is 37.5 Å². The normalized spacial score (nSPS) is 15.1. The molecule has 0 spiro atoms. The van der Waals surface area contributed by atoms with Gasteiger partial charge in [0.1, 0.15) is 0 Å². The summed E-state index contributed by atoms with van der Waals surface area (Å²) < 4.78 is 11.1. The molecule has 1 aliphatic heterocycles. The van der Waals surface area contributed by atoms with E-state index in [-0.39, 0.29) is 36.1 Å². The van der Waals surface area contributed by atoms with Crippen LogP contribution in [-0.4, -0.2) is 44.2 Å². The maximum absolute atomic E-state index is 12.3. The van der Waals surface area contributed by atoms with Gasteiger partial charge in [-0.25, -0.2) is 4.98 Å². The van der Waals surface area contributed by atoms with Crippen LogP contribution in [0.1, 0.15) is 25.2 Å². The summed E-state index contributed by atoms with van der Waals surface area (Å²) in [6.45, 7) is 3.22. The van der Waals surface area contributed by atoms with E-state index in [1.807, 2.05) is 24.3 Å².